The van der Waals surface area contributed by atoms with Crippen LogP contribution in [0.5, 0.6) is 11.5 Å². The Hall–Kier alpha value is -1.73. The Labute approximate surface area is 198 Å². The number of hydrogen-bond acceptors (Lipinski definition) is 6. The van der Waals surface area contributed by atoms with Crippen molar-refractivity contribution in [3.8, 4) is 11.5 Å². The molecule has 6 heteroatoms. The van der Waals surface area contributed by atoms with Gasteiger partial charge >= 0.3 is 0 Å². The zero-order chi connectivity index (χ0) is 23.8. The summed E-state index contributed by atoms with van der Waals surface area (Å²) in [4.78, 5) is 0.792. The lowest BCUT2D eigenvalue weighted by Gasteiger charge is -2.27. The van der Waals surface area contributed by atoms with E-state index < -0.39 is 5.79 Å². The van der Waals surface area contributed by atoms with Crippen LogP contribution in [0.1, 0.15) is 59.1 Å². The predicted molar refractivity (Wildman–Crippen MR) is 131 cm³/mol. The normalized spacial score (nSPS) is 17.4. The van der Waals surface area contributed by atoms with Gasteiger partial charge in [-0.3, -0.25) is 0 Å². The highest BCUT2D eigenvalue weighted by Crippen LogP contribution is 2.36. The van der Waals surface area contributed by atoms with E-state index in [9.17, 15) is 0 Å². The van der Waals surface area contributed by atoms with Crippen LogP contribution in [0.15, 0.2) is 47.4 Å². The molecule has 0 aromatic heterocycles. The summed E-state index contributed by atoms with van der Waals surface area (Å²) in [5, 5.41) is 8.90. The van der Waals surface area contributed by atoms with Crippen molar-refractivity contribution in [2.75, 3.05) is 26.4 Å². The lowest BCUT2D eigenvalue weighted by atomic mass is 9.78. The molecule has 1 atom stereocenters. The van der Waals surface area contributed by atoms with Crippen molar-refractivity contribution >= 4 is 12.6 Å². The lowest BCUT2D eigenvalue weighted by Crippen LogP contribution is -2.25. The monoisotopic (exact) mass is 462 g/mol. The fourth-order valence-electron chi connectivity index (χ4n) is 3.44. The van der Waals surface area contributed by atoms with Gasteiger partial charge in [-0.25, -0.2) is 0 Å². The quantitative estimate of drug-likeness (QED) is 0.374. The molecule has 178 valence electrons. The molecule has 1 aliphatic rings. The van der Waals surface area contributed by atoms with Gasteiger partial charge in [-0.15, -0.1) is 12.6 Å². The van der Waals surface area contributed by atoms with Crippen molar-refractivity contribution < 1.29 is 24.1 Å². The molecule has 3 rings (SSSR count). The molecular weight excluding hydrogens is 424 g/mol. The van der Waals surface area contributed by atoms with Crippen LogP contribution in [0.2, 0.25) is 0 Å². The molecule has 0 amide bonds. The van der Waals surface area contributed by atoms with Gasteiger partial charge in [0, 0.05) is 23.3 Å². The first-order valence-corrected chi connectivity index (χ1v) is 11.8. The third-order valence-corrected chi connectivity index (χ3v) is 5.67. The molecule has 1 aliphatic heterocycles. The minimum absolute atomic E-state index is 0.0527. The zero-order valence-corrected chi connectivity index (χ0v) is 21.1. The third kappa shape index (κ3) is 7.14. The maximum Gasteiger partial charge on any atom is 0.163 e. The first-order chi connectivity index (χ1) is 15.2. The second kappa shape index (κ2) is 11.9. The molecule has 0 bridgehead atoms. The van der Waals surface area contributed by atoms with E-state index in [0.717, 1.165) is 22.0 Å². The first kappa shape index (κ1) is 26.5. The fraction of sp³-hybridized carbons (Fsp3) is 0.538. The van der Waals surface area contributed by atoms with Crippen LogP contribution in [-0.2, 0) is 14.9 Å². The van der Waals surface area contributed by atoms with Crippen molar-refractivity contribution in [2.24, 2.45) is 0 Å². The minimum Gasteiger partial charge on any atom is -0.492 e. The molecule has 0 saturated carbocycles. The van der Waals surface area contributed by atoms with Crippen molar-refractivity contribution in [3.05, 3.63) is 53.6 Å². The molecule has 2 aromatic rings. The number of benzene rings is 2. The van der Waals surface area contributed by atoms with Crippen LogP contribution in [-0.4, -0.2) is 43.4 Å². The second-order valence-corrected chi connectivity index (χ2v) is 9.00. The Morgan fingerprint density at radius 2 is 1.72 bits per heavy atom. The van der Waals surface area contributed by atoms with Gasteiger partial charge in [0.2, 0.25) is 0 Å². The maximum atomic E-state index is 8.90. The van der Waals surface area contributed by atoms with Crippen molar-refractivity contribution in [1.82, 2.24) is 0 Å². The number of rotatable bonds is 9. The summed E-state index contributed by atoms with van der Waals surface area (Å²) in [7, 11) is 0. The molecule has 0 radical (unpaired) electrons. The number of thiol groups is 1. The highest BCUT2D eigenvalue weighted by molar-refractivity contribution is 7.80. The van der Waals surface area contributed by atoms with Crippen LogP contribution >= 0.6 is 12.6 Å². The summed E-state index contributed by atoms with van der Waals surface area (Å²) >= 11 is 4.58. The molecule has 1 unspecified atom stereocenters. The van der Waals surface area contributed by atoms with Crippen LogP contribution < -0.4 is 9.47 Å². The highest BCUT2D eigenvalue weighted by Gasteiger charge is 2.33. The largest absolute Gasteiger partial charge is 0.492 e. The Kier molecular flexibility index (Phi) is 9.89. The molecule has 32 heavy (non-hydrogen) atoms. The summed E-state index contributed by atoms with van der Waals surface area (Å²) in [6, 6.07) is 14.2. The van der Waals surface area contributed by atoms with Gasteiger partial charge in [0.25, 0.3) is 0 Å². The summed E-state index contributed by atoms with van der Waals surface area (Å²) in [5.41, 5.74) is 2.12. The molecular formula is C26H38O5S. The van der Waals surface area contributed by atoms with Crippen LogP contribution in [0.4, 0.5) is 0 Å². The average molecular weight is 463 g/mol. The van der Waals surface area contributed by atoms with E-state index in [4.69, 9.17) is 24.1 Å². The average Bonchev–Trinajstić information content (AvgIpc) is 3.14. The Morgan fingerprint density at radius 1 is 1.06 bits per heavy atom. The van der Waals surface area contributed by atoms with E-state index in [2.05, 4.69) is 44.7 Å². The molecule has 0 aliphatic carbocycles. The Balaban J connectivity index is 0.00000176. The van der Waals surface area contributed by atoms with E-state index in [0.29, 0.717) is 26.2 Å². The minimum atomic E-state index is -0.535. The van der Waals surface area contributed by atoms with Gasteiger partial charge in [0.05, 0.1) is 13.2 Å². The fourth-order valence-corrected chi connectivity index (χ4v) is 3.72. The van der Waals surface area contributed by atoms with Crippen LogP contribution in [0.25, 0.3) is 0 Å². The van der Waals surface area contributed by atoms with Crippen LogP contribution in [0, 0.1) is 0 Å². The summed E-state index contributed by atoms with van der Waals surface area (Å²) < 4.78 is 22.9. The number of aliphatic hydroxyl groups is 1. The van der Waals surface area contributed by atoms with Gasteiger partial charge in [0.1, 0.15) is 24.2 Å². The molecule has 0 spiro atoms. The summed E-state index contributed by atoms with van der Waals surface area (Å²) in [6.45, 7) is 13.8. The SMILES string of the molecule is CC.CC1(C)OCC(COc2ccc(C(C)(C)c3ccc(OCCCO)c(S)c3)cc2)O1. The summed E-state index contributed by atoms with van der Waals surface area (Å²) in [5.74, 6) is 1.01. The van der Waals surface area contributed by atoms with Gasteiger partial charge in [-0.05, 0) is 49.2 Å². The lowest BCUT2D eigenvalue weighted by molar-refractivity contribution is -0.141. The van der Waals surface area contributed by atoms with E-state index >= 15 is 0 Å². The van der Waals surface area contributed by atoms with E-state index in [-0.39, 0.29) is 18.1 Å². The number of hydrogen-bond donors (Lipinski definition) is 2. The van der Waals surface area contributed by atoms with Crippen molar-refractivity contribution in [2.45, 2.75) is 70.2 Å². The van der Waals surface area contributed by atoms with Gasteiger partial charge < -0.3 is 24.1 Å². The maximum absolute atomic E-state index is 8.90. The molecule has 1 heterocycles. The number of ether oxygens (including phenoxy) is 4. The van der Waals surface area contributed by atoms with E-state index in [1.54, 1.807) is 0 Å². The highest BCUT2D eigenvalue weighted by atomic mass is 32.1. The summed E-state index contributed by atoms with van der Waals surface area (Å²) in [6.07, 6.45) is 0.551. The molecule has 1 saturated heterocycles. The van der Waals surface area contributed by atoms with Crippen molar-refractivity contribution in [1.29, 1.82) is 0 Å². The molecule has 1 N–H and O–H groups in total. The van der Waals surface area contributed by atoms with Gasteiger partial charge in [-0.1, -0.05) is 45.9 Å². The smallest absolute Gasteiger partial charge is 0.163 e. The van der Waals surface area contributed by atoms with Gasteiger partial charge in [-0.2, -0.15) is 0 Å². The molecule has 1 fully saturated rings. The van der Waals surface area contributed by atoms with E-state index in [1.807, 2.05) is 52.0 Å². The standard InChI is InChI=1S/C24H32O5S.C2H6/c1-23(2,18-8-11-21(22(30)14-18)26-13-5-12-25)17-6-9-19(10-7-17)27-15-20-16-28-24(3,4)29-20;1-2/h6-11,14,20,25,30H,5,12-13,15-16H2,1-4H3;1-2H3. The Morgan fingerprint density at radius 3 is 2.28 bits per heavy atom. The molecule has 5 nitrogen and oxygen atoms in total. The zero-order valence-electron chi connectivity index (χ0n) is 20.2. The topological polar surface area (TPSA) is 57.2 Å². The first-order valence-electron chi connectivity index (χ1n) is 11.3. The number of aliphatic hydroxyl groups excluding tert-OH is 1. The van der Waals surface area contributed by atoms with Crippen LogP contribution in [0.3, 0.4) is 0 Å². The third-order valence-electron chi connectivity index (χ3n) is 5.32. The van der Waals surface area contributed by atoms with Crippen molar-refractivity contribution in [3.63, 3.8) is 0 Å². The van der Waals surface area contributed by atoms with Gasteiger partial charge in [0.15, 0.2) is 5.79 Å². The predicted octanol–water partition coefficient (Wildman–Crippen LogP) is 5.62. The Bertz CT molecular complexity index is 833. The second-order valence-electron chi connectivity index (χ2n) is 8.52. The van der Waals surface area contributed by atoms with E-state index in [1.165, 1.54) is 5.56 Å². The molecule has 2 aromatic carbocycles.